The number of imidazole rings is 1. The highest BCUT2D eigenvalue weighted by molar-refractivity contribution is 7.71. The lowest BCUT2D eigenvalue weighted by molar-refractivity contribution is 0.654. The molecule has 102 valence electrons. The Morgan fingerprint density at radius 3 is 2.70 bits per heavy atom. The fraction of sp³-hybridized carbons (Fsp3) is 0.214. The van der Waals surface area contributed by atoms with Gasteiger partial charge in [0.2, 0.25) is 0 Å². The van der Waals surface area contributed by atoms with Gasteiger partial charge < -0.3 is 9.97 Å². The molecule has 3 rings (SSSR count). The Balaban J connectivity index is 1.85. The molecule has 0 fully saturated rings. The van der Waals surface area contributed by atoms with Crippen molar-refractivity contribution in [2.75, 3.05) is 0 Å². The largest absolute Gasteiger partial charge is 0.337 e. The number of hydrogen-bond acceptors (Lipinski definition) is 4. The van der Waals surface area contributed by atoms with Gasteiger partial charge in [0.15, 0.2) is 4.77 Å². The van der Waals surface area contributed by atoms with Crippen molar-refractivity contribution in [3.8, 4) is 0 Å². The van der Waals surface area contributed by atoms with E-state index in [1.165, 1.54) is 17.3 Å². The van der Waals surface area contributed by atoms with Gasteiger partial charge in [-0.25, -0.2) is 0 Å². The topological polar surface area (TPSA) is 57.4 Å². The first-order valence-electron chi connectivity index (χ1n) is 6.39. The molecule has 1 aromatic carbocycles. The van der Waals surface area contributed by atoms with Crippen LogP contribution in [-0.2, 0) is 12.8 Å². The minimum atomic E-state index is 0.314. The molecular formula is C14H14N4S2. The quantitative estimate of drug-likeness (QED) is 0.709. The van der Waals surface area contributed by atoms with Crippen molar-refractivity contribution < 1.29 is 0 Å². The Morgan fingerprint density at radius 2 is 2.05 bits per heavy atom. The summed E-state index contributed by atoms with van der Waals surface area (Å²) in [4.78, 5) is 6.26. The third-order valence-electron chi connectivity index (χ3n) is 3.24. The van der Waals surface area contributed by atoms with Crippen LogP contribution in [-0.4, -0.2) is 18.7 Å². The molecule has 1 unspecified atom stereocenters. The molecule has 6 heteroatoms. The highest BCUT2D eigenvalue weighted by atomic mass is 32.1. The first-order chi connectivity index (χ1) is 9.81. The van der Waals surface area contributed by atoms with Gasteiger partial charge in [-0.15, -0.1) is 0 Å². The average molecular weight is 302 g/mol. The third-order valence-corrected chi connectivity index (χ3v) is 3.98. The Labute approximate surface area is 126 Å². The number of hydrogen-bond donors (Lipinski definition) is 2. The molecule has 0 spiro atoms. The maximum atomic E-state index is 5.13. The number of rotatable bonds is 5. The minimum absolute atomic E-state index is 0.314. The molecule has 2 heterocycles. The van der Waals surface area contributed by atoms with Crippen molar-refractivity contribution >= 4 is 23.9 Å². The molecule has 0 saturated heterocycles. The van der Waals surface area contributed by atoms with Crippen molar-refractivity contribution in [1.29, 1.82) is 0 Å². The third kappa shape index (κ3) is 3.20. The summed E-state index contributed by atoms with van der Waals surface area (Å²) in [6.07, 6.45) is 5.59. The molecule has 0 bridgehead atoms. The molecule has 1 atom stereocenters. The van der Waals surface area contributed by atoms with Gasteiger partial charge in [0.1, 0.15) is 0 Å². The zero-order valence-electron chi connectivity index (χ0n) is 10.7. The zero-order chi connectivity index (χ0) is 13.8. The van der Waals surface area contributed by atoms with E-state index < -0.39 is 0 Å². The summed E-state index contributed by atoms with van der Waals surface area (Å²) in [6.45, 7) is 0. The van der Waals surface area contributed by atoms with Gasteiger partial charge in [-0.3, -0.25) is 0 Å². The predicted octanol–water partition coefficient (Wildman–Crippen LogP) is 3.49. The van der Waals surface area contributed by atoms with Crippen LogP contribution in [0.4, 0.5) is 0 Å². The lowest BCUT2D eigenvalue weighted by Crippen LogP contribution is -2.07. The molecule has 20 heavy (non-hydrogen) atoms. The van der Waals surface area contributed by atoms with E-state index in [2.05, 4.69) is 43.0 Å². The molecule has 0 aliphatic heterocycles. The van der Waals surface area contributed by atoms with Crippen LogP contribution in [0.5, 0.6) is 0 Å². The van der Waals surface area contributed by atoms with E-state index in [-0.39, 0.29) is 0 Å². The van der Waals surface area contributed by atoms with Crippen LogP contribution >= 0.6 is 23.9 Å². The predicted molar refractivity (Wildman–Crippen MR) is 82.5 cm³/mol. The van der Waals surface area contributed by atoms with Crippen LogP contribution in [0.3, 0.4) is 0 Å². The van der Waals surface area contributed by atoms with Crippen molar-refractivity contribution in [2.45, 2.75) is 18.8 Å². The first-order valence-corrected chi connectivity index (χ1v) is 7.53. The lowest BCUT2D eigenvalue weighted by atomic mass is 9.92. The van der Waals surface area contributed by atoms with Gasteiger partial charge in [0, 0.05) is 24.2 Å². The van der Waals surface area contributed by atoms with E-state index in [0.717, 1.165) is 24.2 Å². The van der Waals surface area contributed by atoms with Crippen molar-refractivity contribution in [3.63, 3.8) is 0 Å². The van der Waals surface area contributed by atoms with E-state index in [0.29, 0.717) is 10.7 Å². The summed E-state index contributed by atoms with van der Waals surface area (Å²) < 4.78 is 9.05. The summed E-state index contributed by atoms with van der Waals surface area (Å²) in [5.41, 5.74) is 3.45. The van der Waals surface area contributed by atoms with Gasteiger partial charge in [-0.05, 0) is 24.2 Å². The second kappa shape index (κ2) is 6.11. The highest BCUT2D eigenvalue weighted by Crippen LogP contribution is 2.23. The monoisotopic (exact) mass is 302 g/mol. The van der Waals surface area contributed by atoms with Gasteiger partial charge in [0.25, 0.3) is 0 Å². The molecule has 0 aliphatic carbocycles. The van der Waals surface area contributed by atoms with Crippen LogP contribution < -0.4 is 0 Å². The number of nitrogens with zero attached hydrogens (tertiary/aromatic N) is 2. The summed E-state index contributed by atoms with van der Waals surface area (Å²) in [5.74, 6) is 0.314. The maximum Gasteiger partial charge on any atom is 0.174 e. The molecule has 2 N–H and O–H groups in total. The molecule has 4 nitrogen and oxygen atoms in total. The molecule has 0 radical (unpaired) electrons. The van der Waals surface area contributed by atoms with E-state index in [9.17, 15) is 0 Å². The van der Waals surface area contributed by atoms with Crippen LogP contribution in [0.25, 0.3) is 0 Å². The Hall–Kier alpha value is -1.79. The van der Waals surface area contributed by atoms with E-state index in [4.69, 9.17) is 12.2 Å². The fourth-order valence-electron chi connectivity index (χ4n) is 2.28. The number of aromatic amines is 2. The van der Waals surface area contributed by atoms with Gasteiger partial charge >= 0.3 is 0 Å². The Morgan fingerprint density at radius 1 is 1.20 bits per heavy atom. The number of H-pyrrole nitrogens is 2. The number of aromatic nitrogens is 4. The van der Waals surface area contributed by atoms with Crippen LogP contribution in [0.1, 0.15) is 22.9 Å². The molecule has 3 aromatic rings. The second-order valence-corrected chi connectivity index (χ2v) is 5.65. The SMILES string of the molecule is S=c1[nH]cc(C(Cc2ccccc2)Cc2cnsn2)[nH]1. The van der Waals surface area contributed by atoms with Gasteiger partial charge in [-0.2, -0.15) is 8.75 Å². The summed E-state index contributed by atoms with van der Waals surface area (Å²) in [5, 5.41) is 0. The Kier molecular flexibility index (Phi) is 4.03. The fourth-order valence-corrected chi connectivity index (χ4v) is 2.90. The molecule has 0 amide bonds. The number of benzene rings is 1. The Bertz CT molecular complexity index is 700. The smallest absolute Gasteiger partial charge is 0.174 e. The van der Waals surface area contributed by atoms with Gasteiger partial charge in [-0.1, -0.05) is 30.3 Å². The molecular weight excluding hydrogens is 288 g/mol. The van der Waals surface area contributed by atoms with Crippen LogP contribution in [0.2, 0.25) is 0 Å². The first kappa shape index (κ1) is 13.2. The zero-order valence-corrected chi connectivity index (χ0v) is 12.4. The minimum Gasteiger partial charge on any atom is -0.337 e. The normalized spacial score (nSPS) is 12.4. The summed E-state index contributed by atoms with van der Waals surface area (Å²) in [7, 11) is 0. The van der Waals surface area contributed by atoms with Crippen molar-refractivity contribution in [3.05, 3.63) is 64.4 Å². The molecule has 2 aromatic heterocycles. The molecule has 0 aliphatic rings. The van der Waals surface area contributed by atoms with Crippen LogP contribution in [0.15, 0.2) is 42.7 Å². The highest BCUT2D eigenvalue weighted by Gasteiger charge is 2.16. The molecule has 0 saturated carbocycles. The van der Waals surface area contributed by atoms with E-state index in [1.807, 2.05) is 18.5 Å². The summed E-state index contributed by atoms with van der Waals surface area (Å²) >= 11 is 6.38. The lowest BCUT2D eigenvalue weighted by Gasteiger charge is -2.14. The van der Waals surface area contributed by atoms with Crippen LogP contribution in [0, 0.1) is 4.77 Å². The van der Waals surface area contributed by atoms with E-state index >= 15 is 0 Å². The summed E-state index contributed by atoms with van der Waals surface area (Å²) in [6, 6.07) is 10.5. The number of nitrogens with one attached hydrogen (secondary N) is 2. The van der Waals surface area contributed by atoms with E-state index in [1.54, 1.807) is 0 Å². The maximum absolute atomic E-state index is 5.13. The average Bonchev–Trinajstić information content (AvgIpc) is 3.11. The van der Waals surface area contributed by atoms with Crippen molar-refractivity contribution in [1.82, 2.24) is 18.7 Å². The second-order valence-electron chi connectivity index (χ2n) is 4.69. The standard InChI is InChI=1S/C14H14N4S2/c19-14-15-9-13(17-14)11(7-12-8-16-20-18-12)6-10-4-2-1-3-5-10/h1-5,8-9,11H,6-7H2,(H2,15,17,19). The van der Waals surface area contributed by atoms with Crippen molar-refractivity contribution in [2.24, 2.45) is 0 Å². The van der Waals surface area contributed by atoms with Gasteiger partial charge in [0.05, 0.1) is 23.6 Å².